The van der Waals surface area contributed by atoms with E-state index in [1.807, 2.05) is 31.2 Å². The average Bonchev–Trinajstić information content (AvgIpc) is 2.49. The van der Waals surface area contributed by atoms with Gasteiger partial charge in [0.25, 0.3) is 0 Å². The van der Waals surface area contributed by atoms with E-state index >= 15 is 0 Å². The van der Waals surface area contributed by atoms with Gasteiger partial charge in [0.05, 0.1) is 5.75 Å². The van der Waals surface area contributed by atoms with Crippen molar-refractivity contribution in [2.75, 3.05) is 12.8 Å². The van der Waals surface area contributed by atoms with Gasteiger partial charge in [-0.05, 0) is 18.6 Å². The molecule has 0 spiro atoms. The Kier molecular flexibility index (Phi) is 2.90. The van der Waals surface area contributed by atoms with Crippen LogP contribution < -0.4 is 4.74 Å². The van der Waals surface area contributed by atoms with Gasteiger partial charge >= 0.3 is 0 Å². The molecule has 16 heavy (non-hydrogen) atoms. The number of ether oxygens (including phenoxy) is 1. The SMILES string of the molecule is Cc1ccccc1OC1CCS(=O)(=O)N1C. The zero-order chi connectivity index (χ0) is 11.8. The van der Waals surface area contributed by atoms with Crippen molar-refractivity contribution < 1.29 is 13.2 Å². The Morgan fingerprint density at radius 2 is 2.06 bits per heavy atom. The van der Waals surface area contributed by atoms with Gasteiger partial charge < -0.3 is 4.74 Å². The maximum atomic E-state index is 11.5. The van der Waals surface area contributed by atoms with Crippen molar-refractivity contribution in [2.45, 2.75) is 19.6 Å². The molecule has 0 radical (unpaired) electrons. The molecule has 0 N–H and O–H groups in total. The standard InChI is InChI=1S/C11H15NO3S/c1-9-5-3-4-6-10(9)15-11-7-8-16(13,14)12(11)2/h3-6,11H,7-8H2,1-2H3. The largest absolute Gasteiger partial charge is 0.474 e. The number of para-hydroxylation sites is 1. The number of nitrogens with zero attached hydrogens (tertiary/aromatic N) is 1. The second-order valence-corrected chi connectivity index (χ2v) is 6.11. The van der Waals surface area contributed by atoms with Crippen LogP contribution in [-0.4, -0.2) is 31.8 Å². The highest BCUT2D eigenvalue weighted by Gasteiger charge is 2.35. The summed E-state index contributed by atoms with van der Waals surface area (Å²) in [5.41, 5.74) is 1.01. The Morgan fingerprint density at radius 3 is 2.62 bits per heavy atom. The molecule has 1 aromatic rings. The predicted molar refractivity (Wildman–Crippen MR) is 61.8 cm³/mol. The van der Waals surface area contributed by atoms with Crippen LogP contribution >= 0.6 is 0 Å². The minimum absolute atomic E-state index is 0.167. The summed E-state index contributed by atoms with van der Waals surface area (Å²) < 4.78 is 30.0. The smallest absolute Gasteiger partial charge is 0.217 e. The first-order valence-electron chi connectivity index (χ1n) is 5.19. The lowest BCUT2D eigenvalue weighted by Crippen LogP contribution is -2.33. The molecule has 5 heteroatoms. The van der Waals surface area contributed by atoms with Gasteiger partial charge in [-0.2, -0.15) is 4.31 Å². The Hall–Kier alpha value is -1.07. The minimum atomic E-state index is -3.10. The van der Waals surface area contributed by atoms with Gasteiger partial charge in [0.15, 0.2) is 6.23 Å². The molecule has 4 nitrogen and oxygen atoms in total. The molecule has 0 bridgehead atoms. The molecule has 0 aromatic heterocycles. The third kappa shape index (κ3) is 2.05. The van der Waals surface area contributed by atoms with Crippen molar-refractivity contribution in [1.82, 2.24) is 4.31 Å². The van der Waals surface area contributed by atoms with E-state index in [0.717, 1.165) is 11.3 Å². The summed E-state index contributed by atoms with van der Waals surface area (Å²) in [4.78, 5) is 0. The first-order chi connectivity index (χ1) is 7.50. The van der Waals surface area contributed by atoms with E-state index in [-0.39, 0.29) is 12.0 Å². The summed E-state index contributed by atoms with van der Waals surface area (Å²) in [5, 5.41) is 0. The zero-order valence-electron chi connectivity index (χ0n) is 9.38. The van der Waals surface area contributed by atoms with Gasteiger partial charge in [-0.25, -0.2) is 8.42 Å². The molecule has 1 aromatic carbocycles. The van der Waals surface area contributed by atoms with E-state index < -0.39 is 10.0 Å². The van der Waals surface area contributed by atoms with Gasteiger partial charge in [-0.15, -0.1) is 0 Å². The number of aryl methyl sites for hydroxylation is 1. The van der Waals surface area contributed by atoms with Gasteiger partial charge in [0, 0.05) is 13.5 Å². The Morgan fingerprint density at radius 1 is 1.38 bits per heavy atom. The van der Waals surface area contributed by atoms with Crippen LogP contribution in [0.2, 0.25) is 0 Å². The van der Waals surface area contributed by atoms with E-state index in [1.165, 1.54) is 4.31 Å². The van der Waals surface area contributed by atoms with E-state index in [9.17, 15) is 8.42 Å². The number of benzene rings is 1. The predicted octanol–water partition coefficient (Wildman–Crippen LogP) is 1.37. The van der Waals surface area contributed by atoms with Gasteiger partial charge in [-0.3, -0.25) is 0 Å². The Bertz CT molecular complexity index is 484. The summed E-state index contributed by atoms with van der Waals surface area (Å²) in [6, 6.07) is 7.61. The van der Waals surface area contributed by atoms with E-state index in [4.69, 9.17) is 4.74 Å². The van der Waals surface area contributed by atoms with Crippen LogP contribution in [-0.2, 0) is 10.0 Å². The second-order valence-electron chi connectivity index (χ2n) is 3.96. The van der Waals surface area contributed by atoms with Crippen LogP contribution in [0.25, 0.3) is 0 Å². The molecule has 1 aliphatic heterocycles. The lowest BCUT2D eigenvalue weighted by Gasteiger charge is -2.20. The average molecular weight is 241 g/mol. The van der Waals surface area contributed by atoms with Crippen molar-refractivity contribution in [1.29, 1.82) is 0 Å². The maximum Gasteiger partial charge on any atom is 0.217 e. The van der Waals surface area contributed by atoms with E-state index in [2.05, 4.69) is 0 Å². The van der Waals surface area contributed by atoms with Gasteiger partial charge in [0.1, 0.15) is 5.75 Å². The normalized spacial score (nSPS) is 24.5. The van der Waals surface area contributed by atoms with E-state index in [1.54, 1.807) is 7.05 Å². The number of hydrogen-bond donors (Lipinski definition) is 0. The van der Waals surface area contributed by atoms with Crippen LogP contribution in [0, 0.1) is 6.92 Å². The van der Waals surface area contributed by atoms with Crippen LogP contribution in [0.1, 0.15) is 12.0 Å². The third-order valence-electron chi connectivity index (χ3n) is 2.82. The third-order valence-corrected chi connectivity index (χ3v) is 4.69. The van der Waals surface area contributed by atoms with Crippen LogP contribution in [0.3, 0.4) is 0 Å². The highest BCUT2D eigenvalue weighted by Crippen LogP contribution is 2.25. The lowest BCUT2D eigenvalue weighted by atomic mass is 10.2. The number of sulfonamides is 1. The highest BCUT2D eigenvalue weighted by molar-refractivity contribution is 7.89. The zero-order valence-corrected chi connectivity index (χ0v) is 10.2. The van der Waals surface area contributed by atoms with Crippen molar-refractivity contribution >= 4 is 10.0 Å². The summed E-state index contributed by atoms with van der Waals surface area (Å²) >= 11 is 0. The van der Waals surface area contributed by atoms with Crippen LogP contribution in [0.5, 0.6) is 5.75 Å². The highest BCUT2D eigenvalue weighted by atomic mass is 32.2. The minimum Gasteiger partial charge on any atom is -0.474 e. The van der Waals surface area contributed by atoms with Gasteiger partial charge in [-0.1, -0.05) is 18.2 Å². The van der Waals surface area contributed by atoms with Gasteiger partial charge in [0.2, 0.25) is 10.0 Å². The molecule has 0 aliphatic carbocycles. The molecule has 1 saturated heterocycles. The molecule has 1 fully saturated rings. The second kappa shape index (κ2) is 4.07. The maximum absolute atomic E-state index is 11.5. The fraction of sp³-hybridized carbons (Fsp3) is 0.455. The summed E-state index contributed by atoms with van der Waals surface area (Å²) in [6.07, 6.45) is 0.152. The molecule has 1 unspecified atom stereocenters. The molecular weight excluding hydrogens is 226 g/mol. The fourth-order valence-electron chi connectivity index (χ4n) is 1.72. The van der Waals surface area contributed by atoms with Crippen molar-refractivity contribution in [3.63, 3.8) is 0 Å². The van der Waals surface area contributed by atoms with E-state index in [0.29, 0.717) is 6.42 Å². The quantitative estimate of drug-likeness (QED) is 0.785. The molecule has 88 valence electrons. The Labute approximate surface area is 95.9 Å². The van der Waals surface area contributed by atoms with Crippen molar-refractivity contribution in [2.24, 2.45) is 0 Å². The topological polar surface area (TPSA) is 46.6 Å². The first kappa shape index (κ1) is 11.4. The number of hydrogen-bond acceptors (Lipinski definition) is 3. The molecule has 0 amide bonds. The Balaban J connectivity index is 2.16. The summed E-state index contributed by atoms with van der Waals surface area (Å²) in [7, 11) is -1.54. The molecule has 0 saturated carbocycles. The first-order valence-corrected chi connectivity index (χ1v) is 6.79. The molecule has 2 rings (SSSR count). The molecule has 1 heterocycles. The van der Waals surface area contributed by atoms with Crippen molar-refractivity contribution in [3.8, 4) is 5.75 Å². The molecular formula is C11H15NO3S. The number of rotatable bonds is 2. The molecule has 1 aliphatic rings. The fourth-order valence-corrected chi connectivity index (χ4v) is 3.02. The molecule has 1 atom stereocenters. The summed E-state index contributed by atoms with van der Waals surface area (Å²) in [6.45, 7) is 1.94. The monoisotopic (exact) mass is 241 g/mol. The lowest BCUT2D eigenvalue weighted by molar-refractivity contribution is 0.114. The summed E-state index contributed by atoms with van der Waals surface area (Å²) in [5.74, 6) is 0.913. The van der Waals surface area contributed by atoms with Crippen LogP contribution in [0.4, 0.5) is 0 Å². The van der Waals surface area contributed by atoms with Crippen molar-refractivity contribution in [3.05, 3.63) is 29.8 Å². The van der Waals surface area contributed by atoms with Crippen LogP contribution in [0.15, 0.2) is 24.3 Å².